The van der Waals surface area contributed by atoms with E-state index in [2.05, 4.69) is 17.6 Å². The molecule has 0 aliphatic heterocycles. The largest absolute Gasteiger partial charge is 0.338 e. The second kappa shape index (κ2) is 5.90. The van der Waals surface area contributed by atoms with Crippen LogP contribution in [0.3, 0.4) is 0 Å². The van der Waals surface area contributed by atoms with E-state index in [9.17, 15) is 9.59 Å². The van der Waals surface area contributed by atoms with Gasteiger partial charge in [-0.05, 0) is 37.6 Å². The van der Waals surface area contributed by atoms with E-state index in [1.54, 1.807) is 24.3 Å². The maximum absolute atomic E-state index is 11.3. The lowest BCUT2D eigenvalue weighted by Crippen LogP contribution is -2.29. The number of anilines is 1. The number of urea groups is 1. The summed E-state index contributed by atoms with van der Waals surface area (Å²) in [5, 5.41) is 5.29. The molecule has 0 aliphatic rings. The van der Waals surface area contributed by atoms with Crippen molar-refractivity contribution in [1.82, 2.24) is 5.32 Å². The predicted molar refractivity (Wildman–Crippen MR) is 63.4 cm³/mol. The van der Waals surface area contributed by atoms with Crippen molar-refractivity contribution < 1.29 is 9.59 Å². The van der Waals surface area contributed by atoms with Crippen LogP contribution < -0.4 is 10.6 Å². The van der Waals surface area contributed by atoms with Crippen LogP contribution in [0.15, 0.2) is 24.3 Å². The molecule has 0 atom stereocenters. The molecule has 0 aromatic heterocycles. The summed E-state index contributed by atoms with van der Waals surface area (Å²) in [6.07, 6.45) is 0.649. The molecular formula is C12H15N2O2. The Balaban J connectivity index is 2.55. The fraction of sp³-hybridized carbons (Fsp3) is 0.250. The van der Waals surface area contributed by atoms with Crippen LogP contribution in [0.1, 0.15) is 23.7 Å². The molecule has 2 N–H and O–H groups in total. The molecule has 4 nitrogen and oxygen atoms in total. The first-order chi connectivity index (χ1) is 7.63. The van der Waals surface area contributed by atoms with Gasteiger partial charge in [-0.1, -0.05) is 6.92 Å². The molecule has 0 aliphatic carbocycles. The summed E-state index contributed by atoms with van der Waals surface area (Å²) in [5.74, 6) is 0.00746. The number of nitrogens with one attached hydrogen (secondary N) is 2. The summed E-state index contributed by atoms with van der Waals surface area (Å²) in [7, 11) is 0. The smallest absolute Gasteiger partial charge is 0.319 e. The number of benzene rings is 1. The maximum atomic E-state index is 11.3. The lowest BCUT2D eigenvalue weighted by molar-refractivity contribution is 0.101. The summed E-state index contributed by atoms with van der Waals surface area (Å²) in [4.78, 5) is 22.3. The number of hydrogen-bond acceptors (Lipinski definition) is 2. The Morgan fingerprint density at radius 3 is 2.38 bits per heavy atom. The van der Waals surface area contributed by atoms with E-state index in [0.717, 1.165) is 0 Å². The van der Waals surface area contributed by atoms with Gasteiger partial charge in [-0.15, -0.1) is 0 Å². The Kier molecular flexibility index (Phi) is 4.51. The van der Waals surface area contributed by atoms with E-state index in [4.69, 9.17) is 0 Å². The second-order valence-corrected chi connectivity index (χ2v) is 3.37. The van der Waals surface area contributed by atoms with Crippen molar-refractivity contribution in [2.75, 3.05) is 11.9 Å². The molecule has 0 unspecified atom stereocenters. The van der Waals surface area contributed by atoms with Gasteiger partial charge in [-0.3, -0.25) is 4.79 Å². The van der Waals surface area contributed by atoms with E-state index in [-0.39, 0.29) is 11.8 Å². The molecule has 0 saturated carbocycles. The highest BCUT2D eigenvalue weighted by Gasteiger charge is 2.01. The predicted octanol–water partition coefficient (Wildman–Crippen LogP) is 2.23. The number of carbonyl (C=O) groups excluding carboxylic acids is 2. The van der Waals surface area contributed by atoms with Crippen molar-refractivity contribution in [3.05, 3.63) is 36.8 Å². The molecule has 85 valence electrons. The van der Waals surface area contributed by atoms with Crippen LogP contribution in [-0.2, 0) is 0 Å². The fourth-order valence-corrected chi connectivity index (χ4v) is 1.17. The highest BCUT2D eigenvalue weighted by atomic mass is 16.2. The van der Waals surface area contributed by atoms with Gasteiger partial charge < -0.3 is 10.6 Å². The summed E-state index contributed by atoms with van der Waals surface area (Å²) in [6, 6.07) is 6.49. The zero-order chi connectivity index (χ0) is 12.0. The normalized spacial score (nSPS) is 9.62. The van der Waals surface area contributed by atoms with Gasteiger partial charge >= 0.3 is 6.03 Å². The quantitative estimate of drug-likeness (QED) is 0.763. The molecule has 0 bridgehead atoms. The Hall–Kier alpha value is -1.84. The Morgan fingerprint density at radius 2 is 1.88 bits per heavy atom. The lowest BCUT2D eigenvalue weighted by atomic mass is 10.1. The molecule has 0 saturated heterocycles. The monoisotopic (exact) mass is 219 g/mol. The van der Waals surface area contributed by atoms with E-state index >= 15 is 0 Å². The third-order valence-corrected chi connectivity index (χ3v) is 2.01. The van der Waals surface area contributed by atoms with Crippen LogP contribution in [0.2, 0.25) is 0 Å². The average molecular weight is 219 g/mol. The number of rotatable bonds is 4. The molecule has 1 aromatic rings. The van der Waals surface area contributed by atoms with Gasteiger partial charge in [0.1, 0.15) is 0 Å². The molecule has 0 heterocycles. The standard InChI is InChI=1S/C12H15N2O2/c1-3-8-13-12(16)14-11-6-4-10(5-7-11)9(2)15/h4-7H,1,3,8H2,2H3,(H2,13,14,16). The van der Waals surface area contributed by atoms with Gasteiger partial charge in [-0.25, -0.2) is 4.79 Å². The Labute approximate surface area is 95.0 Å². The summed E-state index contributed by atoms with van der Waals surface area (Å²) >= 11 is 0. The van der Waals surface area contributed by atoms with E-state index < -0.39 is 0 Å². The SMILES string of the molecule is [CH2]CCNC(=O)Nc1ccc(C(C)=O)cc1. The van der Waals surface area contributed by atoms with E-state index in [1.165, 1.54) is 6.92 Å². The van der Waals surface area contributed by atoms with Gasteiger partial charge in [0.15, 0.2) is 5.78 Å². The molecular weight excluding hydrogens is 204 g/mol. The summed E-state index contributed by atoms with van der Waals surface area (Å²) in [6.45, 7) is 5.66. The number of carbonyl (C=O) groups is 2. The highest BCUT2D eigenvalue weighted by Crippen LogP contribution is 2.09. The van der Waals surface area contributed by atoms with Crippen molar-refractivity contribution in [3.63, 3.8) is 0 Å². The van der Waals surface area contributed by atoms with Crippen molar-refractivity contribution in [2.24, 2.45) is 0 Å². The summed E-state index contributed by atoms with van der Waals surface area (Å²) in [5.41, 5.74) is 1.29. The van der Waals surface area contributed by atoms with Crippen LogP contribution >= 0.6 is 0 Å². The minimum absolute atomic E-state index is 0.00746. The van der Waals surface area contributed by atoms with E-state index in [1.807, 2.05) is 0 Å². The molecule has 16 heavy (non-hydrogen) atoms. The number of hydrogen-bond donors (Lipinski definition) is 2. The average Bonchev–Trinajstić information content (AvgIpc) is 2.27. The van der Waals surface area contributed by atoms with Crippen LogP contribution in [0, 0.1) is 6.92 Å². The van der Waals surface area contributed by atoms with Gasteiger partial charge in [0.2, 0.25) is 0 Å². The number of amides is 2. The fourth-order valence-electron chi connectivity index (χ4n) is 1.17. The van der Waals surface area contributed by atoms with Crippen LogP contribution in [0.4, 0.5) is 10.5 Å². The number of ketones is 1. The Bertz CT molecular complexity index is 371. The van der Waals surface area contributed by atoms with Gasteiger partial charge in [0.25, 0.3) is 0 Å². The molecule has 4 heteroatoms. The summed E-state index contributed by atoms with van der Waals surface area (Å²) < 4.78 is 0. The van der Waals surface area contributed by atoms with Gasteiger partial charge in [-0.2, -0.15) is 0 Å². The van der Waals surface area contributed by atoms with Crippen molar-refractivity contribution in [2.45, 2.75) is 13.3 Å². The second-order valence-electron chi connectivity index (χ2n) is 3.37. The van der Waals surface area contributed by atoms with Gasteiger partial charge in [0, 0.05) is 17.8 Å². The van der Waals surface area contributed by atoms with Crippen LogP contribution in [0.25, 0.3) is 0 Å². The molecule has 1 rings (SSSR count). The third-order valence-electron chi connectivity index (χ3n) is 2.01. The molecule has 2 amide bonds. The third kappa shape index (κ3) is 3.73. The van der Waals surface area contributed by atoms with Crippen molar-refractivity contribution in [3.8, 4) is 0 Å². The maximum Gasteiger partial charge on any atom is 0.319 e. The van der Waals surface area contributed by atoms with Crippen molar-refractivity contribution >= 4 is 17.5 Å². The lowest BCUT2D eigenvalue weighted by Gasteiger charge is -2.06. The first-order valence-corrected chi connectivity index (χ1v) is 5.08. The first-order valence-electron chi connectivity index (χ1n) is 5.08. The first kappa shape index (κ1) is 12.2. The van der Waals surface area contributed by atoms with Crippen LogP contribution in [0.5, 0.6) is 0 Å². The topological polar surface area (TPSA) is 58.2 Å². The molecule has 1 aromatic carbocycles. The molecule has 0 fully saturated rings. The minimum Gasteiger partial charge on any atom is -0.338 e. The van der Waals surface area contributed by atoms with Crippen LogP contribution in [-0.4, -0.2) is 18.4 Å². The van der Waals surface area contributed by atoms with Crippen molar-refractivity contribution in [1.29, 1.82) is 0 Å². The zero-order valence-electron chi connectivity index (χ0n) is 9.25. The molecule has 1 radical (unpaired) electrons. The Morgan fingerprint density at radius 1 is 1.25 bits per heavy atom. The van der Waals surface area contributed by atoms with E-state index in [0.29, 0.717) is 24.2 Å². The molecule has 0 spiro atoms. The highest BCUT2D eigenvalue weighted by molar-refractivity contribution is 5.95. The van der Waals surface area contributed by atoms with Gasteiger partial charge in [0.05, 0.1) is 0 Å². The number of Topliss-reactive ketones (excluding diaryl/α,β-unsaturated/α-hetero) is 1. The minimum atomic E-state index is -0.265. The zero-order valence-corrected chi connectivity index (χ0v) is 9.25.